The molecule has 3 rings (SSSR count). The maximum atomic E-state index is 12.2. The van der Waals surface area contributed by atoms with Crippen molar-refractivity contribution in [2.24, 2.45) is 0 Å². The van der Waals surface area contributed by atoms with Crippen LogP contribution in [0, 0.1) is 0 Å². The normalized spacial score (nSPS) is 18.5. The Morgan fingerprint density at radius 2 is 2.09 bits per heavy atom. The van der Waals surface area contributed by atoms with Crippen LogP contribution in [0.3, 0.4) is 0 Å². The van der Waals surface area contributed by atoms with E-state index in [9.17, 15) is 4.79 Å². The quantitative estimate of drug-likeness (QED) is 0.888. The molecule has 1 aromatic carbocycles. The monoisotopic (exact) mass is 314 g/mol. The number of hydrogen-bond donors (Lipinski definition) is 1. The third kappa shape index (κ3) is 3.96. The molecule has 4 heteroatoms. The van der Waals surface area contributed by atoms with Crippen LogP contribution in [-0.2, 0) is 11.2 Å². The first kappa shape index (κ1) is 15.3. The maximum Gasteiger partial charge on any atom is 0.234 e. The van der Waals surface area contributed by atoms with E-state index in [1.54, 1.807) is 11.3 Å². The van der Waals surface area contributed by atoms with E-state index in [0.29, 0.717) is 19.1 Å². The van der Waals surface area contributed by atoms with Gasteiger partial charge < -0.3 is 5.32 Å². The number of benzene rings is 1. The van der Waals surface area contributed by atoms with Gasteiger partial charge in [0.05, 0.1) is 6.54 Å². The van der Waals surface area contributed by atoms with Crippen LogP contribution in [0.4, 0.5) is 0 Å². The van der Waals surface area contributed by atoms with Gasteiger partial charge in [0.2, 0.25) is 5.91 Å². The van der Waals surface area contributed by atoms with Crippen LogP contribution < -0.4 is 5.32 Å². The van der Waals surface area contributed by atoms with Crippen LogP contribution in [0.15, 0.2) is 47.8 Å². The van der Waals surface area contributed by atoms with Gasteiger partial charge in [-0.15, -0.1) is 11.3 Å². The molecule has 1 N–H and O–H groups in total. The highest BCUT2D eigenvalue weighted by Crippen LogP contribution is 2.33. The summed E-state index contributed by atoms with van der Waals surface area (Å²) in [5.41, 5.74) is 1.26. The van der Waals surface area contributed by atoms with Gasteiger partial charge in [-0.1, -0.05) is 36.4 Å². The lowest BCUT2D eigenvalue weighted by atomic mass is 10.1. The molecule has 1 saturated heterocycles. The molecule has 0 aliphatic carbocycles. The fourth-order valence-corrected chi connectivity index (χ4v) is 3.95. The van der Waals surface area contributed by atoms with Crippen molar-refractivity contribution in [3.8, 4) is 0 Å². The second-order valence-electron chi connectivity index (χ2n) is 5.73. The Bertz CT molecular complexity index is 582. The summed E-state index contributed by atoms with van der Waals surface area (Å²) in [5, 5.41) is 5.16. The molecular weight excluding hydrogens is 292 g/mol. The summed E-state index contributed by atoms with van der Waals surface area (Å²) in [7, 11) is 0. The van der Waals surface area contributed by atoms with E-state index in [2.05, 4.69) is 39.9 Å². The largest absolute Gasteiger partial charge is 0.355 e. The second kappa shape index (κ2) is 7.56. The molecule has 3 nitrogen and oxygen atoms in total. The Kier molecular flexibility index (Phi) is 5.24. The molecule has 2 heterocycles. The molecule has 1 aliphatic rings. The first-order valence-corrected chi connectivity index (χ1v) is 8.79. The molecule has 1 atom stereocenters. The van der Waals surface area contributed by atoms with Crippen molar-refractivity contribution < 1.29 is 4.79 Å². The van der Waals surface area contributed by atoms with Crippen LogP contribution in [0.1, 0.15) is 29.3 Å². The molecule has 1 fully saturated rings. The number of amides is 1. The number of nitrogens with zero attached hydrogens (tertiary/aromatic N) is 1. The highest BCUT2D eigenvalue weighted by molar-refractivity contribution is 7.10. The maximum absolute atomic E-state index is 12.2. The van der Waals surface area contributed by atoms with Crippen LogP contribution in [0.5, 0.6) is 0 Å². The third-order valence-corrected chi connectivity index (χ3v) is 5.13. The Balaban J connectivity index is 1.45. The van der Waals surface area contributed by atoms with Crippen LogP contribution in [0.25, 0.3) is 0 Å². The highest BCUT2D eigenvalue weighted by Gasteiger charge is 2.27. The van der Waals surface area contributed by atoms with Crippen LogP contribution >= 0.6 is 11.3 Å². The summed E-state index contributed by atoms with van der Waals surface area (Å²) < 4.78 is 0. The number of nitrogens with one attached hydrogen (secondary N) is 1. The summed E-state index contributed by atoms with van der Waals surface area (Å²) in [6, 6.07) is 15.0. The molecule has 1 amide bonds. The molecule has 0 unspecified atom stereocenters. The van der Waals surface area contributed by atoms with Gasteiger partial charge in [0.25, 0.3) is 0 Å². The minimum absolute atomic E-state index is 0.138. The number of carbonyl (C=O) groups excluding carboxylic acids is 1. The first-order chi connectivity index (χ1) is 10.8. The van der Waals surface area contributed by atoms with E-state index >= 15 is 0 Å². The van der Waals surface area contributed by atoms with Crippen molar-refractivity contribution in [3.63, 3.8) is 0 Å². The molecule has 0 radical (unpaired) electrons. The zero-order valence-electron chi connectivity index (χ0n) is 12.7. The Hall–Kier alpha value is -1.65. The van der Waals surface area contributed by atoms with E-state index in [4.69, 9.17) is 0 Å². The second-order valence-corrected chi connectivity index (χ2v) is 6.71. The van der Waals surface area contributed by atoms with Gasteiger partial charge in [0.1, 0.15) is 0 Å². The molecule has 116 valence electrons. The van der Waals surface area contributed by atoms with Crippen molar-refractivity contribution >= 4 is 17.2 Å². The fraction of sp³-hybridized carbons (Fsp3) is 0.389. The highest BCUT2D eigenvalue weighted by atomic mass is 32.1. The van der Waals surface area contributed by atoms with Crippen molar-refractivity contribution in [2.45, 2.75) is 25.3 Å². The lowest BCUT2D eigenvalue weighted by Gasteiger charge is -2.22. The zero-order chi connectivity index (χ0) is 15.2. The molecule has 0 saturated carbocycles. The molecule has 22 heavy (non-hydrogen) atoms. The van der Waals surface area contributed by atoms with E-state index in [1.165, 1.54) is 16.9 Å². The average Bonchev–Trinajstić information content (AvgIpc) is 3.19. The molecule has 0 spiro atoms. The SMILES string of the molecule is O=C(CN1CCC[C@H]1c1cccs1)NCCc1ccccc1. The zero-order valence-corrected chi connectivity index (χ0v) is 13.5. The van der Waals surface area contributed by atoms with Gasteiger partial charge in [-0.25, -0.2) is 0 Å². The number of thiophene rings is 1. The van der Waals surface area contributed by atoms with Gasteiger partial charge in [-0.2, -0.15) is 0 Å². The van der Waals surface area contributed by atoms with Crippen molar-refractivity contribution in [1.29, 1.82) is 0 Å². The average molecular weight is 314 g/mol. The van der Waals surface area contributed by atoms with Gasteiger partial charge in [0, 0.05) is 17.5 Å². The van der Waals surface area contributed by atoms with Crippen molar-refractivity contribution in [1.82, 2.24) is 10.2 Å². The van der Waals surface area contributed by atoms with Crippen LogP contribution in [0.2, 0.25) is 0 Å². The summed E-state index contributed by atoms with van der Waals surface area (Å²) in [5.74, 6) is 0.138. The lowest BCUT2D eigenvalue weighted by molar-refractivity contribution is -0.122. The fourth-order valence-electron chi connectivity index (χ4n) is 3.05. The summed E-state index contributed by atoms with van der Waals surface area (Å²) >= 11 is 1.79. The molecule has 0 bridgehead atoms. The predicted octanol–water partition coefficient (Wildman–Crippen LogP) is 3.24. The molecule has 1 aromatic heterocycles. The number of hydrogen-bond acceptors (Lipinski definition) is 3. The van der Waals surface area contributed by atoms with Gasteiger partial charge in [-0.3, -0.25) is 9.69 Å². The third-order valence-electron chi connectivity index (χ3n) is 4.16. The Labute approximate surface area is 136 Å². The minimum Gasteiger partial charge on any atom is -0.355 e. The standard InChI is InChI=1S/C18H22N2OS/c21-18(19-11-10-15-6-2-1-3-7-15)14-20-12-4-8-16(20)17-9-5-13-22-17/h1-3,5-7,9,13,16H,4,8,10-12,14H2,(H,19,21)/t16-/m0/s1. The molecule has 2 aromatic rings. The first-order valence-electron chi connectivity index (χ1n) is 7.91. The van der Waals surface area contributed by atoms with E-state index in [1.807, 2.05) is 18.2 Å². The summed E-state index contributed by atoms with van der Waals surface area (Å²) in [6.07, 6.45) is 3.23. The number of likely N-dealkylation sites (tertiary alicyclic amines) is 1. The summed E-state index contributed by atoms with van der Waals surface area (Å²) in [6.45, 7) is 2.24. The predicted molar refractivity (Wildman–Crippen MR) is 91.0 cm³/mol. The minimum atomic E-state index is 0.138. The lowest BCUT2D eigenvalue weighted by Crippen LogP contribution is -2.37. The molecule has 1 aliphatic heterocycles. The summed E-state index contributed by atoms with van der Waals surface area (Å²) in [4.78, 5) is 15.8. The van der Waals surface area contributed by atoms with Crippen molar-refractivity contribution in [3.05, 3.63) is 58.3 Å². The topological polar surface area (TPSA) is 32.3 Å². The van der Waals surface area contributed by atoms with E-state index in [-0.39, 0.29) is 5.91 Å². The Morgan fingerprint density at radius 3 is 2.86 bits per heavy atom. The van der Waals surface area contributed by atoms with E-state index < -0.39 is 0 Å². The number of rotatable bonds is 6. The van der Waals surface area contributed by atoms with Crippen LogP contribution in [-0.4, -0.2) is 30.4 Å². The van der Waals surface area contributed by atoms with E-state index in [0.717, 1.165) is 19.4 Å². The smallest absolute Gasteiger partial charge is 0.234 e. The van der Waals surface area contributed by atoms with Crippen molar-refractivity contribution in [2.75, 3.05) is 19.6 Å². The van der Waals surface area contributed by atoms with Gasteiger partial charge in [-0.05, 0) is 42.8 Å². The molecular formula is C18H22N2OS. The Morgan fingerprint density at radius 1 is 1.23 bits per heavy atom. The van der Waals surface area contributed by atoms with Gasteiger partial charge in [0.15, 0.2) is 0 Å². The van der Waals surface area contributed by atoms with Gasteiger partial charge >= 0.3 is 0 Å². The number of carbonyl (C=O) groups is 1.